The van der Waals surface area contributed by atoms with E-state index in [1.54, 1.807) is 6.07 Å². The van der Waals surface area contributed by atoms with Crippen LogP contribution in [0.3, 0.4) is 0 Å². The normalized spacial score (nSPS) is 12.1. The van der Waals surface area contributed by atoms with Crippen molar-refractivity contribution in [2.24, 2.45) is 0 Å². The predicted molar refractivity (Wildman–Crippen MR) is 53.5 cm³/mol. The average Bonchev–Trinajstić information content (AvgIpc) is 2.47. The van der Waals surface area contributed by atoms with Crippen LogP contribution >= 0.6 is 10.7 Å². The third kappa shape index (κ3) is 1.42. The SMILES string of the molecule is Nc1cc(S(=O)(=O)Cl)c2nc[nH]c2c1. The Morgan fingerprint density at radius 2 is 2.14 bits per heavy atom. The van der Waals surface area contributed by atoms with Gasteiger partial charge in [-0.15, -0.1) is 0 Å². The molecule has 0 unspecified atom stereocenters. The highest BCUT2D eigenvalue weighted by Gasteiger charge is 2.16. The first kappa shape index (κ1) is 9.29. The number of nitrogens with one attached hydrogen (secondary N) is 1. The third-order valence-corrected chi connectivity index (χ3v) is 3.11. The first-order valence-corrected chi connectivity index (χ1v) is 5.96. The van der Waals surface area contributed by atoms with Gasteiger partial charge in [0.2, 0.25) is 0 Å². The van der Waals surface area contributed by atoms with Gasteiger partial charge in [0.15, 0.2) is 0 Å². The van der Waals surface area contributed by atoms with Gasteiger partial charge in [-0.05, 0) is 12.1 Å². The molecule has 0 radical (unpaired) electrons. The molecule has 0 atom stereocenters. The lowest BCUT2D eigenvalue weighted by Gasteiger charge is -1.99. The fraction of sp³-hybridized carbons (Fsp3) is 0. The molecule has 0 aliphatic carbocycles. The Labute approximate surface area is 84.3 Å². The van der Waals surface area contributed by atoms with E-state index in [9.17, 15) is 8.42 Å². The zero-order chi connectivity index (χ0) is 10.3. The molecule has 1 aromatic carbocycles. The van der Waals surface area contributed by atoms with Crippen LogP contribution in [-0.2, 0) is 9.05 Å². The van der Waals surface area contributed by atoms with Crippen molar-refractivity contribution in [2.75, 3.05) is 5.73 Å². The maximum Gasteiger partial charge on any atom is 0.263 e. The van der Waals surface area contributed by atoms with Crippen LogP contribution in [0.15, 0.2) is 23.4 Å². The summed E-state index contributed by atoms with van der Waals surface area (Å²) >= 11 is 0. The minimum absolute atomic E-state index is 0.0737. The standard InChI is InChI=1S/C7H6ClN3O2S/c8-14(12,13)6-2-4(9)1-5-7(6)11-3-10-5/h1-3H,9H2,(H,10,11). The van der Waals surface area contributed by atoms with Gasteiger partial charge in [-0.1, -0.05) is 0 Å². The van der Waals surface area contributed by atoms with Crippen molar-refractivity contribution < 1.29 is 8.42 Å². The minimum atomic E-state index is -3.81. The molecule has 2 aromatic rings. The summed E-state index contributed by atoms with van der Waals surface area (Å²) in [7, 11) is 1.42. The fourth-order valence-electron chi connectivity index (χ4n) is 1.22. The number of benzene rings is 1. The van der Waals surface area contributed by atoms with Gasteiger partial charge >= 0.3 is 0 Å². The molecule has 0 bridgehead atoms. The van der Waals surface area contributed by atoms with Crippen molar-refractivity contribution >= 4 is 36.5 Å². The molecule has 2 rings (SSSR count). The van der Waals surface area contributed by atoms with Crippen LogP contribution in [0.1, 0.15) is 0 Å². The summed E-state index contributed by atoms with van der Waals surface area (Å²) in [6.07, 6.45) is 1.38. The van der Waals surface area contributed by atoms with Crippen molar-refractivity contribution in [1.29, 1.82) is 0 Å². The highest BCUT2D eigenvalue weighted by Crippen LogP contribution is 2.25. The Bertz CT molecular complexity index is 590. The number of rotatable bonds is 1. The minimum Gasteiger partial charge on any atom is -0.399 e. The molecule has 0 aliphatic rings. The van der Waals surface area contributed by atoms with E-state index in [4.69, 9.17) is 16.4 Å². The van der Waals surface area contributed by atoms with Crippen LogP contribution in [0, 0.1) is 0 Å². The lowest BCUT2D eigenvalue weighted by Crippen LogP contribution is -1.95. The number of hydrogen-bond acceptors (Lipinski definition) is 4. The van der Waals surface area contributed by atoms with Gasteiger partial charge in [0.1, 0.15) is 10.4 Å². The molecule has 0 saturated heterocycles. The van der Waals surface area contributed by atoms with Crippen LogP contribution in [0.25, 0.3) is 11.0 Å². The molecule has 3 N–H and O–H groups in total. The summed E-state index contributed by atoms with van der Waals surface area (Å²) in [4.78, 5) is 6.54. The van der Waals surface area contributed by atoms with Gasteiger partial charge in [-0.3, -0.25) is 0 Å². The van der Waals surface area contributed by atoms with Crippen LogP contribution in [0.5, 0.6) is 0 Å². The lowest BCUT2D eigenvalue weighted by molar-refractivity contribution is 0.610. The monoisotopic (exact) mass is 231 g/mol. The zero-order valence-electron chi connectivity index (χ0n) is 6.86. The number of nitrogens with two attached hydrogens (primary N) is 1. The Balaban J connectivity index is 2.94. The maximum atomic E-state index is 11.2. The first-order chi connectivity index (χ1) is 6.48. The summed E-state index contributed by atoms with van der Waals surface area (Å²) in [6.45, 7) is 0. The van der Waals surface area contributed by atoms with Gasteiger partial charge in [0.25, 0.3) is 9.05 Å². The molecule has 0 fully saturated rings. The fourth-order valence-corrected chi connectivity index (χ4v) is 2.25. The highest BCUT2D eigenvalue weighted by atomic mass is 35.7. The number of nitrogens with zero attached hydrogens (tertiary/aromatic N) is 1. The third-order valence-electron chi connectivity index (χ3n) is 1.77. The largest absolute Gasteiger partial charge is 0.399 e. The van der Waals surface area contributed by atoms with Crippen LogP contribution < -0.4 is 5.73 Å². The summed E-state index contributed by atoms with van der Waals surface area (Å²) in [5, 5.41) is 0. The molecule has 74 valence electrons. The Morgan fingerprint density at radius 1 is 1.43 bits per heavy atom. The summed E-state index contributed by atoms with van der Waals surface area (Å²) in [5.41, 5.74) is 6.68. The molecule has 0 aliphatic heterocycles. The molecule has 0 spiro atoms. The number of fused-ring (bicyclic) bond motifs is 1. The van der Waals surface area contributed by atoms with Crippen LogP contribution in [0.2, 0.25) is 0 Å². The number of aromatic amines is 1. The number of aromatic nitrogens is 2. The molecular formula is C7H6ClN3O2S. The zero-order valence-corrected chi connectivity index (χ0v) is 8.43. The number of halogens is 1. The number of nitrogen functional groups attached to an aromatic ring is 1. The lowest BCUT2D eigenvalue weighted by atomic mass is 10.3. The molecule has 0 amide bonds. The van der Waals surface area contributed by atoms with Crippen LogP contribution in [-0.4, -0.2) is 18.4 Å². The van der Waals surface area contributed by atoms with E-state index < -0.39 is 9.05 Å². The molecule has 0 saturated carbocycles. The Kier molecular flexibility index (Phi) is 1.90. The first-order valence-electron chi connectivity index (χ1n) is 3.66. The molecule has 5 nitrogen and oxygen atoms in total. The Morgan fingerprint density at radius 3 is 2.79 bits per heavy atom. The maximum absolute atomic E-state index is 11.2. The van der Waals surface area contributed by atoms with E-state index in [1.165, 1.54) is 12.4 Å². The molecule has 14 heavy (non-hydrogen) atoms. The van der Waals surface area contributed by atoms with Crippen LogP contribution in [0.4, 0.5) is 5.69 Å². The molecule has 1 aromatic heterocycles. The van der Waals surface area contributed by atoms with Gasteiger partial charge in [-0.2, -0.15) is 0 Å². The van der Waals surface area contributed by atoms with E-state index in [0.29, 0.717) is 16.7 Å². The van der Waals surface area contributed by atoms with E-state index in [-0.39, 0.29) is 4.90 Å². The van der Waals surface area contributed by atoms with Crippen molar-refractivity contribution in [2.45, 2.75) is 4.90 Å². The van der Waals surface area contributed by atoms with Gasteiger partial charge in [-0.25, -0.2) is 13.4 Å². The van der Waals surface area contributed by atoms with E-state index in [0.717, 1.165) is 0 Å². The number of anilines is 1. The van der Waals surface area contributed by atoms with Gasteiger partial charge < -0.3 is 10.7 Å². The molecule has 1 heterocycles. The summed E-state index contributed by atoms with van der Waals surface area (Å²) in [5.74, 6) is 0. The second kappa shape index (κ2) is 2.86. The topological polar surface area (TPSA) is 88.8 Å². The quantitative estimate of drug-likeness (QED) is 0.568. The smallest absolute Gasteiger partial charge is 0.263 e. The van der Waals surface area contributed by atoms with Crippen molar-refractivity contribution in [3.63, 3.8) is 0 Å². The van der Waals surface area contributed by atoms with Gasteiger partial charge in [0, 0.05) is 16.4 Å². The van der Waals surface area contributed by atoms with E-state index in [2.05, 4.69) is 9.97 Å². The molecular weight excluding hydrogens is 226 g/mol. The van der Waals surface area contributed by atoms with E-state index >= 15 is 0 Å². The average molecular weight is 232 g/mol. The van der Waals surface area contributed by atoms with Crippen molar-refractivity contribution in [3.05, 3.63) is 18.5 Å². The highest BCUT2D eigenvalue weighted by molar-refractivity contribution is 8.14. The van der Waals surface area contributed by atoms with Gasteiger partial charge in [0.05, 0.1) is 11.8 Å². The number of hydrogen-bond donors (Lipinski definition) is 2. The number of imidazole rings is 1. The van der Waals surface area contributed by atoms with E-state index in [1.807, 2.05) is 0 Å². The number of H-pyrrole nitrogens is 1. The summed E-state index contributed by atoms with van der Waals surface area (Å²) in [6, 6.07) is 2.87. The predicted octanol–water partition coefficient (Wildman–Crippen LogP) is 1.07. The van der Waals surface area contributed by atoms with Crippen molar-refractivity contribution in [3.8, 4) is 0 Å². The summed E-state index contributed by atoms with van der Waals surface area (Å²) < 4.78 is 22.3. The second-order valence-electron chi connectivity index (χ2n) is 2.76. The van der Waals surface area contributed by atoms with Crippen molar-refractivity contribution in [1.82, 2.24) is 9.97 Å². The molecule has 7 heteroatoms. The second-order valence-corrected chi connectivity index (χ2v) is 5.29. The Hall–Kier alpha value is -1.27.